The van der Waals surface area contributed by atoms with Gasteiger partial charge in [0.25, 0.3) is 0 Å². The van der Waals surface area contributed by atoms with Gasteiger partial charge in [0.2, 0.25) is 0 Å². The fraction of sp³-hybridized carbons (Fsp3) is 0.727. The van der Waals surface area contributed by atoms with E-state index in [9.17, 15) is 4.39 Å². The molecule has 3 saturated heterocycles. The van der Waals surface area contributed by atoms with Crippen molar-refractivity contribution < 1.29 is 13.7 Å². The summed E-state index contributed by atoms with van der Waals surface area (Å²) >= 11 is 0. The van der Waals surface area contributed by atoms with Crippen molar-refractivity contribution in [2.24, 2.45) is 0 Å². The zero-order valence-corrected chi connectivity index (χ0v) is 17.8. The summed E-state index contributed by atoms with van der Waals surface area (Å²) in [6, 6.07) is 6.18. The lowest BCUT2D eigenvalue weighted by Crippen LogP contribution is -2.43. The molecule has 4 rings (SSSR count). The van der Waals surface area contributed by atoms with Gasteiger partial charge in [0.15, 0.2) is 0 Å². The Kier molecular flexibility index (Phi) is 5.60. The minimum Gasteiger partial charge on any atom is -0.399 e. The molecule has 154 valence electrons. The van der Waals surface area contributed by atoms with E-state index in [-0.39, 0.29) is 5.82 Å². The van der Waals surface area contributed by atoms with Crippen LogP contribution in [0.15, 0.2) is 18.2 Å². The number of piperidine rings is 1. The van der Waals surface area contributed by atoms with Gasteiger partial charge in [-0.15, -0.1) is 0 Å². The molecule has 3 aliphatic rings. The van der Waals surface area contributed by atoms with E-state index < -0.39 is 18.3 Å². The molecule has 3 fully saturated rings. The van der Waals surface area contributed by atoms with E-state index in [1.165, 1.54) is 38.8 Å². The number of hydrogen-bond donors (Lipinski definition) is 0. The molecule has 0 radical (unpaired) electrons. The lowest BCUT2D eigenvalue weighted by molar-refractivity contribution is 0.00578. The molecule has 0 unspecified atom stereocenters. The summed E-state index contributed by atoms with van der Waals surface area (Å²) in [5.74, 6) is -0.158. The van der Waals surface area contributed by atoms with Gasteiger partial charge in [-0.25, -0.2) is 4.39 Å². The Morgan fingerprint density at radius 3 is 2.18 bits per heavy atom. The number of hydrogen-bond acceptors (Lipinski definition) is 4. The third-order valence-electron chi connectivity index (χ3n) is 7.21. The van der Waals surface area contributed by atoms with Crippen LogP contribution in [0.3, 0.4) is 0 Å². The van der Waals surface area contributed by atoms with Crippen molar-refractivity contribution in [2.75, 3.05) is 26.2 Å². The summed E-state index contributed by atoms with van der Waals surface area (Å²) in [6.07, 6.45) is 5.10. The zero-order chi connectivity index (χ0) is 19.9. The van der Waals surface area contributed by atoms with Crippen molar-refractivity contribution in [3.8, 4) is 0 Å². The molecule has 3 heterocycles. The second-order valence-electron chi connectivity index (χ2n) is 9.69. The predicted molar refractivity (Wildman–Crippen MR) is 111 cm³/mol. The van der Waals surface area contributed by atoms with E-state index in [2.05, 4.69) is 9.80 Å². The van der Waals surface area contributed by atoms with Crippen LogP contribution in [0.25, 0.3) is 0 Å². The summed E-state index contributed by atoms with van der Waals surface area (Å²) in [4.78, 5) is 5.04. The first-order valence-corrected chi connectivity index (χ1v) is 10.9. The molecule has 1 aromatic carbocycles. The topological polar surface area (TPSA) is 24.9 Å². The minimum absolute atomic E-state index is 0.158. The van der Waals surface area contributed by atoms with Crippen LogP contribution >= 0.6 is 0 Å². The molecule has 0 spiro atoms. The fourth-order valence-electron chi connectivity index (χ4n) is 4.61. The van der Waals surface area contributed by atoms with Gasteiger partial charge in [-0.1, -0.05) is 12.1 Å². The average Bonchev–Trinajstić information content (AvgIpc) is 3.24. The molecule has 0 aliphatic carbocycles. The first kappa shape index (κ1) is 20.3. The van der Waals surface area contributed by atoms with Crippen molar-refractivity contribution >= 4 is 12.6 Å². The van der Waals surface area contributed by atoms with Gasteiger partial charge in [-0.05, 0) is 91.1 Å². The normalized spacial score (nSPS) is 26.2. The summed E-state index contributed by atoms with van der Waals surface area (Å²) in [5, 5.41) is 0. The van der Waals surface area contributed by atoms with Gasteiger partial charge < -0.3 is 14.2 Å². The maximum absolute atomic E-state index is 14.8. The first-order chi connectivity index (χ1) is 13.2. The molecule has 4 nitrogen and oxygen atoms in total. The van der Waals surface area contributed by atoms with E-state index in [0.717, 1.165) is 30.2 Å². The minimum atomic E-state index is -0.509. The molecule has 0 aromatic heterocycles. The molecule has 0 atom stereocenters. The summed E-state index contributed by atoms with van der Waals surface area (Å²) in [6.45, 7) is 13.4. The molecular formula is C22H34BFN2O2. The second-order valence-corrected chi connectivity index (χ2v) is 9.69. The molecule has 28 heavy (non-hydrogen) atoms. The van der Waals surface area contributed by atoms with Crippen molar-refractivity contribution in [1.82, 2.24) is 9.80 Å². The largest absolute Gasteiger partial charge is 0.494 e. The van der Waals surface area contributed by atoms with Crippen LogP contribution in [-0.2, 0) is 15.9 Å². The Bertz CT molecular complexity index is 682. The third kappa shape index (κ3) is 4.02. The number of halogens is 1. The highest BCUT2D eigenvalue weighted by molar-refractivity contribution is 6.62. The molecular weight excluding hydrogens is 354 g/mol. The molecule has 3 aliphatic heterocycles. The maximum Gasteiger partial charge on any atom is 0.494 e. The number of likely N-dealkylation sites (tertiary alicyclic amines) is 2. The second kappa shape index (κ2) is 7.71. The van der Waals surface area contributed by atoms with Crippen molar-refractivity contribution in [3.63, 3.8) is 0 Å². The number of rotatable bonds is 4. The van der Waals surface area contributed by atoms with Crippen LogP contribution < -0.4 is 5.46 Å². The first-order valence-electron chi connectivity index (χ1n) is 10.9. The van der Waals surface area contributed by atoms with Crippen molar-refractivity contribution in [3.05, 3.63) is 29.6 Å². The van der Waals surface area contributed by atoms with Gasteiger partial charge in [0.1, 0.15) is 5.82 Å². The van der Waals surface area contributed by atoms with Gasteiger partial charge in [-0.3, -0.25) is 4.90 Å². The van der Waals surface area contributed by atoms with Crippen LogP contribution in [0.2, 0.25) is 0 Å². The zero-order valence-electron chi connectivity index (χ0n) is 17.8. The van der Waals surface area contributed by atoms with Crippen molar-refractivity contribution in [1.29, 1.82) is 0 Å². The molecule has 0 N–H and O–H groups in total. The van der Waals surface area contributed by atoms with E-state index in [0.29, 0.717) is 6.54 Å². The summed E-state index contributed by atoms with van der Waals surface area (Å²) in [5.41, 5.74) is 0.700. The Hall–Kier alpha value is -0.945. The Labute approximate surface area is 169 Å². The fourth-order valence-corrected chi connectivity index (χ4v) is 4.61. The summed E-state index contributed by atoms with van der Waals surface area (Å²) in [7, 11) is -0.509. The van der Waals surface area contributed by atoms with E-state index in [1.807, 2.05) is 39.8 Å². The Morgan fingerprint density at radius 1 is 1.00 bits per heavy atom. The highest BCUT2D eigenvalue weighted by Gasteiger charge is 2.51. The number of benzene rings is 1. The summed E-state index contributed by atoms with van der Waals surface area (Å²) < 4.78 is 26.9. The van der Waals surface area contributed by atoms with Crippen LogP contribution in [0.1, 0.15) is 58.9 Å². The lowest BCUT2D eigenvalue weighted by Gasteiger charge is -2.36. The van der Waals surface area contributed by atoms with Gasteiger partial charge in [0.05, 0.1) is 11.2 Å². The van der Waals surface area contributed by atoms with Gasteiger partial charge in [0, 0.05) is 18.2 Å². The number of nitrogens with zero attached hydrogens (tertiary/aromatic N) is 2. The predicted octanol–water partition coefficient (Wildman–Crippen LogP) is 3.19. The molecule has 1 aromatic rings. The molecule has 0 amide bonds. The van der Waals surface area contributed by atoms with E-state index in [1.54, 1.807) is 6.07 Å². The highest BCUT2D eigenvalue weighted by Crippen LogP contribution is 2.36. The van der Waals surface area contributed by atoms with Gasteiger partial charge >= 0.3 is 7.12 Å². The van der Waals surface area contributed by atoms with Crippen LogP contribution in [0.4, 0.5) is 4.39 Å². The smallest absolute Gasteiger partial charge is 0.399 e. The van der Waals surface area contributed by atoms with E-state index >= 15 is 0 Å². The van der Waals surface area contributed by atoms with Gasteiger partial charge in [-0.2, -0.15) is 0 Å². The monoisotopic (exact) mass is 388 g/mol. The van der Waals surface area contributed by atoms with Crippen LogP contribution in [0.5, 0.6) is 0 Å². The van der Waals surface area contributed by atoms with Crippen molar-refractivity contribution in [2.45, 2.75) is 77.2 Å². The highest BCUT2D eigenvalue weighted by atomic mass is 19.1. The average molecular weight is 388 g/mol. The standard InChI is InChI=1S/C22H34BFN2O2/c1-21(2)22(3,4)28-23(27-21)18-8-7-17(20(24)15-18)16-25-13-9-19(10-14-25)26-11-5-6-12-26/h7-8,15,19H,5-6,9-14,16H2,1-4H3. The Morgan fingerprint density at radius 2 is 1.61 bits per heavy atom. The maximum atomic E-state index is 14.8. The van der Waals surface area contributed by atoms with Crippen LogP contribution in [-0.4, -0.2) is 60.3 Å². The lowest BCUT2D eigenvalue weighted by atomic mass is 9.78. The third-order valence-corrected chi connectivity index (χ3v) is 7.21. The molecule has 6 heteroatoms. The van der Waals surface area contributed by atoms with E-state index in [4.69, 9.17) is 9.31 Å². The molecule has 0 bridgehead atoms. The Balaban J connectivity index is 1.35. The molecule has 0 saturated carbocycles. The quantitative estimate of drug-likeness (QED) is 0.740. The SMILES string of the molecule is CC1(C)OB(c2ccc(CN3CCC(N4CCCC4)CC3)c(F)c2)OC1(C)C. The van der Waals surface area contributed by atoms with Crippen LogP contribution in [0, 0.1) is 5.82 Å².